The molecule has 140 valence electrons. The SMILES string of the molecule is CC(C)Oc1cccc2c1NC(c1ccc(Cl)c([N+](=O)[O-])c1)C1CC=CC21. The molecule has 2 aromatic carbocycles. The minimum absolute atomic E-state index is 0.0506. The van der Waals surface area contributed by atoms with E-state index in [0.717, 1.165) is 23.4 Å². The maximum Gasteiger partial charge on any atom is 0.288 e. The van der Waals surface area contributed by atoms with Crippen molar-refractivity contribution in [2.75, 3.05) is 5.32 Å². The zero-order valence-corrected chi connectivity index (χ0v) is 15.9. The highest BCUT2D eigenvalue weighted by atomic mass is 35.5. The van der Waals surface area contributed by atoms with Crippen LogP contribution in [0.3, 0.4) is 0 Å². The van der Waals surface area contributed by atoms with Gasteiger partial charge in [0.25, 0.3) is 5.69 Å². The number of allylic oxidation sites excluding steroid dienone is 2. The van der Waals surface area contributed by atoms with Crippen LogP contribution >= 0.6 is 11.6 Å². The van der Waals surface area contributed by atoms with Crippen LogP contribution in [-0.4, -0.2) is 11.0 Å². The van der Waals surface area contributed by atoms with Gasteiger partial charge >= 0.3 is 0 Å². The van der Waals surface area contributed by atoms with Crippen molar-refractivity contribution in [1.29, 1.82) is 0 Å². The molecule has 1 aliphatic carbocycles. The van der Waals surface area contributed by atoms with Crippen LogP contribution in [0.25, 0.3) is 0 Å². The van der Waals surface area contributed by atoms with Crippen LogP contribution in [0.15, 0.2) is 48.6 Å². The van der Waals surface area contributed by atoms with E-state index in [1.807, 2.05) is 32.0 Å². The molecule has 5 nitrogen and oxygen atoms in total. The molecule has 2 aromatic rings. The van der Waals surface area contributed by atoms with E-state index in [4.69, 9.17) is 16.3 Å². The number of fused-ring (bicyclic) bond motifs is 3. The number of nitro groups is 1. The van der Waals surface area contributed by atoms with Crippen molar-refractivity contribution in [3.63, 3.8) is 0 Å². The van der Waals surface area contributed by atoms with E-state index in [1.165, 1.54) is 5.56 Å². The lowest BCUT2D eigenvalue weighted by Crippen LogP contribution is -2.29. The molecule has 0 saturated heterocycles. The first-order valence-electron chi connectivity index (χ1n) is 9.12. The molecular formula is C21H21ClN2O3. The number of hydrogen-bond donors (Lipinski definition) is 1. The standard InChI is InChI=1S/C21H21ClN2O3/c1-12(2)27-19-8-4-7-16-14-5-3-6-15(14)20(23-21(16)19)13-9-10-17(22)18(11-13)24(25)26/h3-5,7-12,14-15,20,23H,6H2,1-2H3. The summed E-state index contributed by atoms with van der Waals surface area (Å²) in [6.45, 7) is 4.00. The number of nitrogens with zero attached hydrogens (tertiary/aromatic N) is 1. The lowest BCUT2D eigenvalue weighted by molar-refractivity contribution is -0.384. The molecule has 3 atom stereocenters. The topological polar surface area (TPSA) is 64.4 Å². The molecule has 2 aliphatic rings. The van der Waals surface area contributed by atoms with Gasteiger partial charge in [-0.1, -0.05) is 42.0 Å². The molecule has 3 unspecified atom stereocenters. The molecule has 0 radical (unpaired) electrons. The number of para-hydroxylation sites is 1. The maximum absolute atomic E-state index is 11.3. The molecule has 0 amide bonds. The number of rotatable bonds is 4. The van der Waals surface area contributed by atoms with Gasteiger partial charge in [-0.05, 0) is 49.4 Å². The predicted octanol–water partition coefficient (Wildman–Crippen LogP) is 5.86. The van der Waals surface area contributed by atoms with Gasteiger partial charge in [0, 0.05) is 12.0 Å². The second kappa shape index (κ2) is 6.89. The van der Waals surface area contributed by atoms with Gasteiger partial charge in [0.15, 0.2) is 0 Å². The van der Waals surface area contributed by atoms with Crippen molar-refractivity contribution < 1.29 is 9.66 Å². The van der Waals surface area contributed by atoms with Gasteiger partial charge in [0.2, 0.25) is 0 Å². The highest BCUT2D eigenvalue weighted by Crippen LogP contribution is 2.52. The molecule has 0 aromatic heterocycles. The molecule has 0 saturated carbocycles. The molecule has 27 heavy (non-hydrogen) atoms. The molecule has 4 rings (SSSR count). The van der Waals surface area contributed by atoms with E-state index in [-0.39, 0.29) is 28.8 Å². The van der Waals surface area contributed by atoms with E-state index in [0.29, 0.717) is 5.92 Å². The third-order valence-corrected chi connectivity index (χ3v) is 5.57. The largest absolute Gasteiger partial charge is 0.489 e. The summed E-state index contributed by atoms with van der Waals surface area (Å²) in [4.78, 5) is 10.9. The summed E-state index contributed by atoms with van der Waals surface area (Å²) >= 11 is 6.01. The fourth-order valence-corrected chi connectivity index (χ4v) is 4.32. The number of benzene rings is 2. The summed E-state index contributed by atoms with van der Waals surface area (Å²) < 4.78 is 6.01. The third-order valence-electron chi connectivity index (χ3n) is 5.25. The van der Waals surface area contributed by atoms with E-state index in [9.17, 15) is 10.1 Å². The smallest absolute Gasteiger partial charge is 0.288 e. The number of anilines is 1. The Labute approximate surface area is 163 Å². The Morgan fingerprint density at radius 1 is 1.30 bits per heavy atom. The van der Waals surface area contributed by atoms with Gasteiger partial charge < -0.3 is 10.1 Å². The van der Waals surface area contributed by atoms with Gasteiger partial charge in [-0.15, -0.1) is 0 Å². The molecule has 1 N–H and O–H groups in total. The van der Waals surface area contributed by atoms with Gasteiger partial charge in [0.1, 0.15) is 10.8 Å². The molecule has 6 heteroatoms. The number of nitro benzene ring substituents is 1. The molecule has 1 heterocycles. The second-order valence-electron chi connectivity index (χ2n) is 7.33. The second-order valence-corrected chi connectivity index (χ2v) is 7.74. The minimum atomic E-state index is -0.430. The van der Waals surface area contributed by atoms with E-state index in [2.05, 4.69) is 23.5 Å². The van der Waals surface area contributed by atoms with Crippen molar-refractivity contribution in [1.82, 2.24) is 0 Å². The highest BCUT2D eigenvalue weighted by molar-refractivity contribution is 6.32. The first kappa shape index (κ1) is 17.9. The lowest BCUT2D eigenvalue weighted by Gasteiger charge is -2.38. The van der Waals surface area contributed by atoms with Crippen LogP contribution in [0, 0.1) is 16.0 Å². The van der Waals surface area contributed by atoms with Crippen molar-refractivity contribution in [2.45, 2.75) is 38.3 Å². The summed E-state index contributed by atoms with van der Waals surface area (Å²) in [5, 5.41) is 15.1. The van der Waals surface area contributed by atoms with Crippen LogP contribution in [0.1, 0.15) is 43.4 Å². The Balaban J connectivity index is 1.79. The first-order valence-corrected chi connectivity index (χ1v) is 9.50. The number of nitrogens with one attached hydrogen (secondary N) is 1. The van der Waals surface area contributed by atoms with Crippen molar-refractivity contribution in [2.24, 2.45) is 5.92 Å². The fourth-order valence-electron chi connectivity index (χ4n) is 4.14. The van der Waals surface area contributed by atoms with Crippen molar-refractivity contribution in [3.05, 3.63) is 74.8 Å². The quantitative estimate of drug-likeness (QED) is 0.407. The minimum Gasteiger partial charge on any atom is -0.489 e. The highest BCUT2D eigenvalue weighted by Gasteiger charge is 2.39. The van der Waals surface area contributed by atoms with Crippen LogP contribution in [0.2, 0.25) is 5.02 Å². The maximum atomic E-state index is 11.3. The van der Waals surface area contributed by atoms with Crippen molar-refractivity contribution >= 4 is 23.0 Å². The van der Waals surface area contributed by atoms with Gasteiger partial charge in [0.05, 0.1) is 22.8 Å². The Bertz CT molecular complexity index is 926. The molecule has 1 aliphatic heterocycles. The molecule has 0 spiro atoms. The van der Waals surface area contributed by atoms with Crippen LogP contribution in [0.4, 0.5) is 11.4 Å². The number of halogens is 1. The summed E-state index contributed by atoms with van der Waals surface area (Å²) in [6.07, 6.45) is 5.42. The van der Waals surface area contributed by atoms with Gasteiger partial charge in [-0.2, -0.15) is 0 Å². The van der Waals surface area contributed by atoms with E-state index in [1.54, 1.807) is 12.1 Å². The molecular weight excluding hydrogens is 364 g/mol. The van der Waals surface area contributed by atoms with E-state index < -0.39 is 4.92 Å². The Kier molecular flexibility index (Phi) is 4.56. The summed E-state index contributed by atoms with van der Waals surface area (Å²) in [6, 6.07) is 11.1. The van der Waals surface area contributed by atoms with Crippen LogP contribution in [0.5, 0.6) is 5.75 Å². The Morgan fingerprint density at radius 3 is 2.85 bits per heavy atom. The molecule has 0 bridgehead atoms. The average Bonchev–Trinajstić information content (AvgIpc) is 3.11. The van der Waals surface area contributed by atoms with Gasteiger partial charge in [-0.25, -0.2) is 0 Å². The number of hydrogen-bond acceptors (Lipinski definition) is 4. The third kappa shape index (κ3) is 3.16. The summed E-state index contributed by atoms with van der Waals surface area (Å²) in [5.74, 6) is 1.37. The molecule has 0 fully saturated rings. The van der Waals surface area contributed by atoms with Crippen molar-refractivity contribution in [3.8, 4) is 5.75 Å². The Morgan fingerprint density at radius 2 is 2.11 bits per heavy atom. The van der Waals surface area contributed by atoms with Crippen LogP contribution in [-0.2, 0) is 0 Å². The summed E-state index contributed by atoms with van der Waals surface area (Å²) in [5.41, 5.74) is 3.00. The first-order chi connectivity index (χ1) is 13.0. The van der Waals surface area contributed by atoms with E-state index >= 15 is 0 Å². The average molecular weight is 385 g/mol. The summed E-state index contributed by atoms with van der Waals surface area (Å²) in [7, 11) is 0. The predicted molar refractivity (Wildman–Crippen MR) is 107 cm³/mol. The Hall–Kier alpha value is -2.53. The lowest BCUT2D eigenvalue weighted by atomic mass is 9.77. The fraction of sp³-hybridized carbons (Fsp3) is 0.333. The zero-order valence-electron chi connectivity index (χ0n) is 15.2. The monoisotopic (exact) mass is 384 g/mol. The normalized spacial score (nSPS) is 22.9. The van der Waals surface area contributed by atoms with Crippen LogP contribution < -0.4 is 10.1 Å². The zero-order chi connectivity index (χ0) is 19.1. The number of ether oxygens (including phenoxy) is 1. The van der Waals surface area contributed by atoms with Gasteiger partial charge in [-0.3, -0.25) is 10.1 Å².